The van der Waals surface area contributed by atoms with Crippen molar-refractivity contribution in [3.63, 3.8) is 0 Å². The van der Waals surface area contributed by atoms with E-state index in [9.17, 15) is 9.59 Å². The lowest BCUT2D eigenvalue weighted by Gasteiger charge is -2.11. The SMILES string of the molecule is CNCCCOc1ccccc1Cc1ccccc1.O=C(O)/C=C/C(=O)O. The van der Waals surface area contributed by atoms with Crippen LogP contribution in [0.15, 0.2) is 66.7 Å². The summed E-state index contributed by atoms with van der Waals surface area (Å²) in [7, 11) is 1.96. The summed E-state index contributed by atoms with van der Waals surface area (Å²) in [5.41, 5.74) is 2.56. The first-order chi connectivity index (χ1) is 13.0. The van der Waals surface area contributed by atoms with E-state index >= 15 is 0 Å². The molecule has 2 aromatic carbocycles. The van der Waals surface area contributed by atoms with Gasteiger partial charge in [0.15, 0.2) is 0 Å². The lowest BCUT2D eigenvalue weighted by atomic mass is 10.0. The average molecular weight is 371 g/mol. The fourth-order valence-electron chi connectivity index (χ4n) is 2.18. The summed E-state index contributed by atoms with van der Waals surface area (Å²) in [6.07, 6.45) is 3.06. The van der Waals surface area contributed by atoms with Crippen molar-refractivity contribution in [3.8, 4) is 5.75 Å². The van der Waals surface area contributed by atoms with Gasteiger partial charge in [0.1, 0.15) is 5.75 Å². The summed E-state index contributed by atoms with van der Waals surface area (Å²) in [6.45, 7) is 1.74. The molecule has 0 fully saturated rings. The summed E-state index contributed by atoms with van der Waals surface area (Å²) in [5, 5.41) is 18.8. The van der Waals surface area contributed by atoms with Gasteiger partial charge in [-0.1, -0.05) is 48.5 Å². The number of carboxylic acid groups (broad SMARTS) is 2. The second-order valence-corrected chi connectivity index (χ2v) is 5.59. The van der Waals surface area contributed by atoms with Crippen LogP contribution < -0.4 is 10.1 Å². The van der Waals surface area contributed by atoms with Crippen LogP contribution in [-0.2, 0) is 16.0 Å². The van der Waals surface area contributed by atoms with Crippen LogP contribution in [-0.4, -0.2) is 42.4 Å². The van der Waals surface area contributed by atoms with Gasteiger partial charge in [0.2, 0.25) is 0 Å². The molecule has 0 aliphatic heterocycles. The third kappa shape index (κ3) is 10.5. The van der Waals surface area contributed by atoms with E-state index in [2.05, 4.69) is 47.8 Å². The van der Waals surface area contributed by atoms with E-state index in [4.69, 9.17) is 14.9 Å². The molecule has 3 N–H and O–H groups in total. The second kappa shape index (κ2) is 13.1. The van der Waals surface area contributed by atoms with Crippen molar-refractivity contribution in [2.24, 2.45) is 0 Å². The van der Waals surface area contributed by atoms with E-state index in [1.54, 1.807) is 0 Å². The number of aliphatic carboxylic acids is 2. The van der Waals surface area contributed by atoms with Crippen LogP contribution in [0.4, 0.5) is 0 Å². The minimum absolute atomic E-state index is 0.558. The number of hydrogen-bond acceptors (Lipinski definition) is 4. The predicted molar refractivity (Wildman–Crippen MR) is 104 cm³/mol. The molecule has 0 aliphatic carbocycles. The highest BCUT2D eigenvalue weighted by Gasteiger charge is 2.03. The van der Waals surface area contributed by atoms with E-state index in [1.807, 2.05) is 19.2 Å². The van der Waals surface area contributed by atoms with Crippen LogP contribution in [0.1, 0.15) is 17.5 Å². The summed E-state index contributed by atoms with van der Waals surface area (Å²) in [5.74, 6) is -1.51. The maximum absolute atomic E-state index is 9.55. The Morgan fingerprint density at radius 2 is 1.56 bits per heavy atom. The molecule has 0 heterocycles. The zero-order chi connectivity index (χ0) is 19.9. The molecular formula is C21H25NO5. The van der Waals surface area contributed by atoms with Crippen molar-refractivity contribution in [1.82, 2.24) is 5.32 Å². The first-order valence-corrected chi connectivity index (χ1v) is 8.56. The fourth-order valence-corrected chi connectivity index (χ4v) is 2.18. The van der Waals surface area contributed by atoms with E-state index in [0.29, 0.717) is 12.2 Å². The predicted octanol–water partition coefficient (Wildman–Crippen LogP) is 2.98. The van der Waals surface area contributed by atoms with Gasteiger partial charge in [-0.15, -0.1) is 0 Å². The topological polar surface area (TPSA) is 95.9 Å². The van der Waals surface area contributed by atoms with Crippen LogP contribution in [0.5, 0.6) is 5.75 Å². The molecule has 0 saturated carbocycles. The van der Waals surface area contributed by atoms with E-state index < -0.39 is 11.9 Å². The molecule has 6 nitrogen and oxygen atoms in total. The van der Waals surface area contributed by atoms with Crippen molar-refractivity contribution in [3.05, 3.63) is 77.9 Å². The molecular weight excluding hydrogens is 346 g/mol. The summed E-state index contributed by atoms with van der Waals surface area (Å²) in [4.78, 5) is 19.1. The monoisotopic (exact) mass is 371 g/mol. The number of carboxylic acids is 2. The highest BCUT2D eigenvalue weighted by atomic mass is 16.5. The zero-order valence-corrected chi connectivity index (χ0v) is 15.3. The number of carbonyl (C=O) groups is 2. The molecule has 27 heavy (non-hydrogen) atoms. The lowest BCUT2D eigenvalue weighted by Crippen LogP contribution is -2.12. The molecule has 0 radical (unpaired) electrons. The van der Waals surface area contributed by atoms with Gasteiger partial charge in [-0.05, 0) is 37.2 Å². The Bertz CT molecular complexity index is 712. The number of hydrogen-bond donors (Lipinski definition) is 3. The number of ether oxygens (including phenoxy) is 1. The van der Waals surface area contributed by atoms with Crippen molar-refractivity contribution in [2.75, 3.05) is 20.2 Å². The van der Waals surface area contributed by atoms with Gasteiger partial charge < -0.3 is 20.3 Å². The van der Waals surface area contributed by atoms with E-state index in [0.717, 1.165) is 31.7 Å². The number of para-hydroxylation sites is 1. The quantitative estimate of drug-likeness (QED) is 0.463. The van der Waals surface area contributed by atoms with Gasteiger partial charge in [0, 0.05) is 18.6 Å². The molecule has 144 valence electrons. The molecule has 0 atom stereocenters. The molecule has 0 bridgehead atoms. The maximum Gasteiger partial charge on any atom is 0.328 e. The van der Waals surface area contributed by atoms with E-state index in [1.165, 1.54) is 11.1 Å². The van der Waals surface area contributed by atoms with Crippen LogP contribution in [0.2, 0.25) is 0 Å². The molecule has 0 saturated heterocycles. The summed E-state index contributed by atoms with van der Waals surface area (Å²) >= 11 is 0. The van der Waals surface area contributed by atoms with Gasteiger partial charge in [-0.3, -0.25) is 0 Å². The van der Waals surface area contributed by atoms with Crippen molar-refractivity contribution in [1.29, 1.82) is 0 Å². The number of rotatable bonds is 9. The Morgan fingerprint density at radius 3 is 2.15 bits per heavy atom. The van der Waals surface area contributed by atoms with Crippen LogP contribution >= 0.6 is 0 Å². The largest absolute Gasteiger partial charge is 0.493 e. The van der Waals surface area contributed by atoms with E-state index in [-0.39, 0.29) is 0 Å². The van der Waals surface area contributed by atoms with Crippen molar-refractivity contribution < 1.29 is 24.5 Å². The van der Waals surface area contributed by atoms with Gasteiger partial charge >= 0.3 is 11.9 Å². The molecule has 0 aliphatic rings. The summed E-state index contributed by atoms with van der Waals surface area (Å²) < 4.78 is 5.87. The number of benzene rings is 2. The van der Waals surface area contributed by atoms with Gasteiger partial charge in [-0.25, -0.2) is 9.59 Å². The summed E-state index contributed by atoms with van der Waals surface area (Å²) in [6, 6.07) is 18.8. The second-order valence-electron chi connectivity index (χ2n) is 5.59. The smallest absolute Gasteiger partial charge is 0.328 e. The van der Waals surface area contributed by atoms with Crippen LogP contribution in [0.3, 0.4) is 0 Å². The third-order valence-electron chi connectivity index (χ3n) is 3.41. The van der Waals surface area contributed by atoms with Crippen molar-refractivity contribution >= 4 is 11.9 Å². The molecule has 2 rings (SSSR count). The molecule has 0 aromatic heterocycles. The molecule has 0 unspecified atom stereocenters. The van der Waals surface area contributed by atoms with Crippen LogP contribution in [0, 0.1) is 0 Å². The van der Waals surface area contributed by atoms with Crippen molar-refractivity contribution in [2.45, 2.75) is 12.8 Å². The number of nitrogens with one attached hydrogen (secondary N) is 1. The zero-order valence-electron chi connectivity index (χ0n) is 15.3. The first-order valence-electron chi connectivity index (χ1n) is 8.56. The van der Waals surface area contributed by atoms with Crippen LogP contribution in [0.25, 0.3) is 0 Å². The minimum atomic E-state index is -1.26. The highest BCUT2D eigenvalue weighted by Crippen LogP contribution is 2.21. The van der Waals surface area contributed by atoms with Gasteiger partial charge in [-0.2, -0.15) is 0 Å². The normalized spacial score (nSPS) is 10.1. The Kier molecular flexibility index (Phi) is 10.7. The lowest BCUT2D eigenvalue weighted by molar-refractivity contribution is -0.134. The Balaban J connectivity index is 0.000000387. The Morgan fingerprint density at radius 1 is 0.963 bits per heavy atom. The highest BCUT2D eigenvalue weighted by molar-refractivity contribution is 5.89. The van der Waals surface area contributed by atoms with Gasteiger partial charge in [0.25, 0.3) is 0 Å². The molecule has 6 heteroatoms. The van der Waals surface area contributed by atoms with Gasteiger partial charge in [0.05, 0.1) is 6.61 Å². The molecule has 2 aromatic rings. The average Bonchev–Trinajstić information content (AvgIpc) is 2.66. The third-order valence-corrected chi connectivity index (χ3v) is 3.41. The standard InChI is InChI=1S/C17H21NO.C4H4O4/c1-18-12-7-13-19-17-11-6-5-10-16(17)14-15-8-3-2-4-9-15;5-3(6)1-2-4(7)8/h2-6,8-11,18H,7,12-14H2,1H3;1-2H,(H,5,6)(H,7,8)/b;2-1+. The maximum atomic E-state index is 9.55. The fraction of sp³-hybridized carbons (Fsp3) is 0.238. The minimum Gasteiger partial charge on any atom is -0.493 e. The Labute approximate surface area is 159 Å². The first kappa shape index (κ1) is 21.9. The Hall–Kier alpha value is -3.12. The molecule has 0 amide bonds. The molecule has 0 spiro atoms.